The van der Waals surface area contributed by atoms with Crippen molar-refractivity contribution in [2.24, 2.45) is 5.73 Å². The van der Waals surface area contributed by atoms with Crippen molar-refractivity contribution in [2.45, 2.75) is 258 Å². The predicted molar refractivity (Wildman–Crippen MR) is 252 cm³/mol. The number of carbonyl (C=O) groups excluding carboxylic acids is 2. The molecule has 2 unspecified atom stereocenters. The highest BCUT2D eigenvalue weighted by Crippen LogP contribution is 2.43. The summed E-state index contributed by atoms with van der Waals surface area (Å²) in [6, 6.07) is 0. The maximum Gasteiger partial charge on any atom is 0.472 e. The van der Waals surface area contributed by atoms with Crippen LogP contribution in [0.3, 0.4) is 0 Å². The molecule has 9 nitrogen and oxygen atoms in total. The zero-order valence-electron chi connectivity index (χ0n) is 39.2. The van der Waals surface area contributed by atoms with Crippen LogP contribution < -0.4 is 5.73 Å². The number of unbranched alkanes of at least 4 members (excludes halogenated alkanes) is 31. The molecule has 0 saturated carbocycles. The smallest absolute Gasteiger partial charge is 0.462 e. The van der Waals surface area contributed by atoms with E-state index in [1.165, 1.54) is 173 Å². The van der Waals surface area contributed by atoms with Crippen molar-refractivity contribution in [2.75, 3.05) is 26.4 Å². The monoisotopic (exact) mass is 870 g/mol. The molecule has 0 aliphatic rings. The molecule has 0 aromatic rings. The van der Waals surface area contributed by atoms with E-state index in [1.807, 2.05) is 0 Å². The number of nitrogens with two attached hydrogens (primary N) is 1. The normalized spacial score (nSPS) is 13.3. The quantitative estimate of drug-likeness (QED) is 0.0265. The fourth-order valence-corrected chi connectivity index (χ4v) is 8.08. The Morgan fingerprint density at radius 2 is 0.867 bits per heavy atom. The molecule has 0 radical (unpaired) electrons. The summed E-state index contributed by atoms with van der Waals surface area (Å²) >= 11 is 0. The molecule has 0 heterocycles. The number of carbonyl (C=O) groups is 2. The van der Waals surface area contributed by atoms with E-state index in [1.54, 1.807) is 0 Å². The van der Waals surface area contributed by atoms with Gasteiger partial charge in [-0.25, -0.2) is 4.57 Å². The number of hydrogen-bond donors (Lipinski definition) is 2. The standard InChI is InChI=1S/C50H96NO8P/c1-3-5-7-9-11-12-13-14-15-16-17-18-19-20-21-22-23-24-25-26-27-28-29-30-31-32-33-34-35-36-37-39-41-43-50(53)59-48(47-58-60(54,55)57-45-44-51)46-56-49(52)42-40-38-10-8-6-4-2/h13-14,16-17,48H,3-12,15,18-47,51H2,1-2H3,(H,54,55)/b14-13-,17-16-. The summed E-state index contributed by atoms with van der Waals surface area (Å²) < 4.78 is 32.6. The Labute approximate surface area is 370 Å². The van der Waals surface area contributed by atoms with Crippen LogP contribution in [0.1, 0.15) is 251 Å². The van der Waals surface area contributed by atoms with E-state index < -0.39 is 26.5 Å². The lowest BCUT2D eigenvalue weighted by Gasteiger charge is -2.19. The molecule has 10 heteroatoms. The molecule has 0 rings (SSSR count). The summed E-state index contributed by atoms with van der Waals surface area (Å²) in [4.78, 5) is 34.6. The lowest BCUT2D eigenvalue weighted by Crippen LogP contribution is -2.29. The first kappa shape index (κ1) is 58.5. The predicted octanol–water partition coefficient (Wildman–Crippen LogP) is 15.1. The molecule has 0 amide bonds. The lowest BCUT2D eigenvalue weighted by atomic mass is 10.0. The highest BCUT2D eigenvalue weighted by Gasteiger charge is 2.26. The Bertz CT molecular complexity index is 1040. The lowest BCUT2D eigenvalue weighted by molar-refractivity contribution is -0.161. The van der Waals surface area contributed by atoms with Gasteiger partial charge in [0.1, 0.15) is 6.61 Å². The van der Waals surface area contributed by atoms with Crippen LogP contribution in [0, 0.1) is 0 Å². The number of esters is 2. The number of phosphoric acid groups is 1. The highest BCUT2D eigenvalue weighted by atomic mass is 31.2. The van der Waals surface area contributed by atoms with Gasteiger partial charge >= 0.3 is 19.8 Å². The van der Waals surface area contributed by atoms with E-state index in [2.05, 4.69) is 38.2 Å². The number of phosphoric ester groups is 1. The summed E-state index contributed by atoms with van der Waals surface area (Å²) in [5, 5.41) is 0. The van der Waals surface area contributed by atoms with Gasteiger partial charge in [-0.1, -0.05) is 218 Å². The minimum atomic E-state index is -4.36. The van der Waals surface area contributed by atoms with Crippen LogP contribution >= 0.6 is 7.82 Å². The number of ether oxygens (including phenoxy) is 2. The molecule has 0 aliphatic carbocycles. The second kappa shape index (κ2) is 47.0. The van der Waals surface area contributed by atoms with Crippen LogP contribution in [0.25, 0.3) is 0 Å². The Kier molecular flexibility index (Phi) is 45.8. The van der Waals surface area contributed by atoms with Gasteiger partial charge < -0.3 is 20.1 Å². The number of allylic oxidation sites excluding steroid dienone is 4. The van der Waals surface area contributed by atoms with Gasteiger partial charge in [0.05, 0.1) is 13.2 Å². The van der Waals surface area contributed by atoms with Gasteiger partial charge in [-0.15, -0.1) is 0 Å². The van der Waals surface area contributed by atoms with E-state index in [-0.39, 0.29) is 38.6 Å². The Hall–Kier alpha value is -1.51. The van der Waals surface area contributed by atoms with Crippen LogP contribution in [0.4, 0.5) is 0 Å². The summed E-state index contributed by atoms with van der Waals surface area (Å²) in [6.45, 7) is 3.68. The van der Waals surface area contributed by atoms with Crippen LogP contribution in [0.2, 0.25) is 0 Å². The van der Waals surface area contributed by atoms with Crippen molar-refractivity contribution >= 4 is 19.8 Å². The zero-order valence-corrected chi connectivity index (χ0v) is 40.1. The van der Waals surface area contributed by atoms with E-state index in [9.17, 15) is 19.0 Å². The van der Waals surface area contributed by atoms with Crippen molar-refractivity contribution < 1.29 is 37.6 Å². The third kappa shape index (κ3) is 46.0. The number of rotatable bonds is 48. The first-order valence-corrected chi connectivity index (χ1v) is 26.8. The second-order valence-corrected chi connectivity index (χ2v) is 18.5. The molecule has 354 valence electrons. The molecule has 0 fully saturated rings. The average molecular weight is 870 g/mol. The molecular weight excluding hydrogens is 774 g/mol. The van der Waals surface area contributed by atoms with Gasteiger partial charge in [-0.05, 0) is 44.9 Å². The molecule has 0 aromatic carbocycles. The second-order valence-electron chi connectivity index (χ2n) is 17.0. The third-order valence-electron chi connectivity index (χ3n) is 11.1. The molecule has 0 spiro atoms. The zero-order chi connectivity index (χ0) is 43.9. The van der Waals surface area contributed by atoms with Crippen molar-refractivity contribution in [1.82, 2.24) is 0 Å². The molecular formula is C50H96NO8P. The Morgan fingerprint density at radius 3 is 1.27 bits per heavy atom. The van der Waals surface area contributed by atoms with Gasteiger partial charge in [0.2, 0.25) is 0 Å². The third-order valence-corrected chi connectivity index (χ3v) is 12.1. The average Bonchev–Trinajstić information content (AvgIpc) is 3.24. The van der Waals surface area contributed by atoms with Crippen molar-refractivity contribution in [3.8, 4) is 0 Å². The van der Waals surface area contributed by atoms with Gasteiger partial charge in [0.15, 0.2) is 6.10 Å². The van der Waals surface area contributed by atoms with Crippen LogP contribution in [-0.4, -0.2) is 49.3 Å². The van der Waals surface area contributed by atoms with Crippen LogP contribution in [-0.2, 0) is 32.7 Å². The van der Waals surface area contributed by atoms with Gasteiger partial charge in [-0.3, -0.25) is 18.6 Å². The molecule has 0 bridgehead atoms. The minimum Gasteiger partial charge on any atom is -0.462 e. The van der Waals surface area contributed by atoms with Crippen molar-refractivity contribution in [3.05, 3.63) is 24.3 Å². The topological polar surface area (TPSA) is 134 Å². The fraction of sp³-hybridized carbons (Fsp3) is 0.880. The SMILES string of the molecule is CCCCCCC/C=C\C/C=C\CCCCCCCCCCCCCCCCCCCCCCCC(=O)OC(COC(=O)CCCCCCCC)COP(=O)(O)OCCN. The Balaban J connectivity index is 3.72. The van der Waals surface area contributed by atoms with Gasteiger partial charge in [0.25, 0.3) is 0 Å². The molecule has 60 heavy (non-hydrogen) atoms. The molecule has 0 aliphatic heterocycles. The van der Waals surface area contributed by atoms with Crippen molar-refractivity contribution in [3.63, 3.8) is 0 Å². The largest absolute Gasteiger partial charge is 0.472 e. The minimum absolute atomic E-state index is 0.0560. The molecule has 3 N–H and O–H groups in total. The van der Waals surface area contributed by atoms with Crippen molar-refractivity contribution in [1.29, 1.82) is 0 Å². The van der Waals surface area contributed by atoms with E-state index in [0.717, 1.165) is 44.9 Å². The maximum absolute atomic E-state index is 12.6. The maximum atomic E-state index is 12.6. The number of hydrogen-bond acceptors (Lipinski definition) is 8. The van der Waals surface area contributed by atoms with Crippen LogP contribution in [0.15, 0.2) is 24.3 Å². The summed E-state index contributed by atoms with van der Waals surface area (Å²) in [5.74, 6) is -0.827. The fourth-order valence-electron chi connectivity index (χ4n) is 7.31. The van der Waals surface area contributed by atoms with Gasteiger partial charge in [-0.2, -0.15) is 0 Å². The summed E-state index contributed by atoms with van der Waals surface area (Å²) in [6.07, 6.45) is 52.9. The van der Waals surface area contributed by atoms with E-state index in [4.69, 9.17) is 24.3 Å². The first-order chi connectivity index (χ1) is 29.3. The molecule has 0 saturated heterocycles. The van der Waals surface area contributed by atoms with E-state index in [0.29, 0.717) is 6.42 Å². The Morgan fingerprint density at radius 1 is 0.500 bits per heavy atom. The summed E-state index contributed by atoms with van der Waals surface area (Å²) in [5.41, 5.74) is 5.34. The van der Waals surface area contributed by atoms with Crippen LogP contribution in [0.5, 0.6) is 0 Å². The summed E-state index contributed by atoms with van der Waals surface area (Å²) in [7, 11) is -4.36. The molecule has 0 aromatic heterocycles. The first-order valence-electron chi connectivity index (χ1n) is 25.3. The highest BCUT2D eigenvalue weighted by molar-refractivity contribution is 7.47. The van der Waals surface area contributed by atoms with Gasteiger partial charge in [0, 0.05) is 19.4 Å². The molecule has 2 atom stereocenters. The van der Waals surface area contributed by atoms with E-state index >= 15 is 0 Å².